The molecule has 20 heavy (non-hydrogen) atoms. The van der Waals surface area contributed by atoms with Crippen LogP contribution in [0.2, 0.25) is 0 Å². The summed E-state index contributed by atoms with van der Waals surface area (Å²) in [6, 6.07) is 5.45. The van der Waals surface area contributed by atoms with Crippen molar-refractivity contribution in [3.8, 4) is 6.07 Å². The minimum absolute atomic E-state index is 0.142. The molecule has 0 aromatic heterocycles. The summed E-state index contributed by atoms with van der Waals surface area (Å²) in [6.07, 6.45) is 0.726. The molecule has 0 bridgehead atoms. The van der Waals surface area contributed by atoms with Crippen molar-refractivity contribution < 1.29 is 12.8 Å². The van der Waals surface area contributed by atoms with E-state index in [1.807, 2.05) is 19.0 Å². The second-order valence-corrected chi connectivity index (χ2v) is 6.90. The maximum Gasteiger partial charge on any atom is 0.244 e. The molecule has 0 radical (unpaired) electrons. The standard InChI is InChI=1S/C13H16FN3O2S/c1-16(2)10-6-7-17(9-10)20(18,19)13-5-3-4-12(14)11(13)8-15/h3-5,10H,6-7,9H2,1-2H3. The van der Waals surface area contributed by atoms with Gasteiger partial charge in [0.15, 0.2) is 0 Å². The Balaban J connectivity index is 2.38. The Bertz CT molecular complexity index is 652. The molecule has 1 aromatic rings. The fourth-order valence-electron chi connectivity index (χ4n) is 2.32. The van der Waals surface area contributed by atoms with E-state index in [1.165, 1.54) is 16.4 Å². The molecule has 108 valence electrons. The van der Waals surface area contributed by atoms with Gasteiger partial charge in [0.2, 0.25) is 10.0 Å². The van der Waals surface area contributed by atoms with Gasteiger partial charge in [-0.3, -0.25) is 0 Å². The van der Waals surface area contributed by atoms with E-state index in [4.69, 9.17) is 5.26 Å². The van der Waals surface area contributed by atoms with Crippen LogP contribution in [-0.4, -0.2) is 50.8 Å². The van der Waals surface area contributed by atoms with Gasteiger partial charge >= 0.3 is 0 Å². The highest BCUT2D eigenvalue weighted by Crippen LogP contribution is 2.26. The molecular formula is C13H16FN3O2S. The van der Waals surface area contributed by atoms with Gasteiger partial charge in [-0.1, -0.05) is 6.07 Å². The molecule has 2 rings (SSSR count). The summed E-state index contributed by atoms with van der Waals surface area (Å²) in [4.78, 5) is 1.71. The summed E-state index contributed by atoms with van der Waals surface area (Å²) in [5.41, 5.74) is -0.416. The molecule has 1 fully saturated rings. The number of rotatable bonds is 3. The Kier molecular flexibility index (Phi) is 4.09. The maximum atomic E-state index is 13.6. The topological polar surface area (TPSA) is 64.4 Å². The van der Waals surface area contributed by atoms with Gasteiger partial charge in [-0.05, 0) is 32.6 Å². The quantitative estimate of drug-likeness (QED) is 0.835. The molecule has 5 nitrogen and oxygen atoms in total. The zero-order chi connectivity index (χ0) is 14.9. The zero-order valence-corrected chi connectivity index (χ0v) is 12.2. The number of hydrogen-bond donors (Lipinski definition) is 0. The highest BCUT2D eigenvalue weighted by Gasteiger charge is 2.35. The van der Waals surface area contributed by atoms with Crippen LogP contribution in [0, 0.1) is 17.1 Å². The molecule has 1 aliphatic rings. The van der Waals surface area contributed by atoms with Gasteiger partial charge in [0.25, 0.3) is 0 Å². The van der Waals surface area contributed by atoms with Crippen LogP contribution in [-0.2, 0) is 10.0 Å². The Morgan fingerprint density at radius 1 is 1.45 bits per heavy atom. The minimum atomic E-state index is -3.83. The number of nitriles is 1. The molecule has 7 heteroatoms. The van der Waals surface area contributed by atoms with Crippen molar-refractivity contribution in [2.24, 2.45) is 0 Å². The first-order valence-electron chi connectivity index (χ1n) is 6.23. The lowest BCUT2D eigenvalue weighted by molar-refractivity contribution is 0.302. The molecule has 1 aliphatic heterocycles. The van der Waals surface area contributed by atoms with Gasteiger partial charge in [0.1, 0.15) is 22.3 Å². The van der Waals surface area contributed by atoms with Crippen LogP contribution in [0.25, 0.3) is 0 Å². The van der Waals surface area contributed by atoms with Crippen molar-refractivity contribution in [1.29, 1.82) is 5.26 Å². The summed E-state index contributed by atoms with van der Waals surface area (Å²) in [5, 5.41) is 8.96. The summed E-state index contributed by atoms with van der Waals surface area (Å²) < 4.78 is 39.9. The summed E-state index contributed by atoms with van der Waals surface area (Å²) in [6.45, 7) is 0.739. The number of nitrogens with zero attached hydrogens (tertiary/aromatic N) is 3. The highest BCUT2D eigenvalue weighted by atomic mass is 32.2. The summed E-state index contributed by atoms with van der Waals surface area (Å²) >= 11 is 0. The zero-order valence-electron chi connectivity index (χ0n) is 11.4. The van der Waals surface area contributed by atoms with Crippen molar-refractivity contribution >= 4 is 10.0 Å². The lowest BCUT2D eigenvalue weighted by Gasteiger charge is -2.20. The second-order valence-electron chi connectivity index (χ2n) is 4.99. The van der Waals surface area contributed by atoms with E-state index in [0.29, 0.717) is 13.1 Å². The van der Waals surface area contributed by atoms with Gasteiger partial charge in [0, 0.05) is 19.1 Å². The van der Waals surface area contributed by atoms with Crippen molar-refractivity contribution in [3.05, 3.63) is 29.6 Å². The first kappa shape index (κ1) is 14.9. The van der Waals surface area contributed by atoms with Crippen LogP contribution >= 0.6 is 0 Å². The molecule has 0 aliphatic carbocycles. The number of halogens is 1. The number of likely N-dealkylation sites (N-methyl/N-ethyl adjacent to an activating group) is 1. The van der Waals surface area contributed by atoms with Gasteiger partial charge in [0.05, 0.1) is 0 Å². The lowest BCUT2D eigenvalue weighted by atomic mass is 10.2. The third kappa shape index (κ3) is 2.54. The fraction of sp³-hybridized carbons (Fsp3) is 0.462. The first-order valence-corrected chi connectivity index (χ1v) is 7.67. The van der Waals surface area contributed by atoms with E-state index in [0.717, 1.165) is 12.5 Å². The van der Waals surface area contributed by atoms with Gasteiger partial charge in [-0.25, -0.2) is 12.8 Å². The van der Waals surface area contributed by atoms with Crippen LogP contribution in [0.5, 0.6) is 0 Å². The molecule has 1 unspecified atom stereocenters. The first-order chi connectivity index (χ1) is 9.37. The predicted octanol–water partition coefficient (Wildman–Crippen LogP) is 1.02. The molecule has 1 atom stereocenters. The number of sulfonamides is 1. The van der Waals surface area contributed by atoms with E-state index in [2.05, 4.69) is 0 Å². The molecule has 0 amide bonds. The predicted molar refractivity (Wildman–Crippen MR) is 72.0 cm³/mol. The molecular weight excluding hydrogens is 281 g/mol. The van der Waals surface area contributed by atoms with E-state index < -0.39 is 21.4 Å². The van der Waals surface area contributed by atoms with Crippen molar-refractivity contribution in [3.63, 3.8) is 0 Å². The Morgan fingerprint density at radius 2 is 2.15 bits per heavy atom. The highest BCUT2D eigenvalue weighted by molar-refractivity contribution is 7.89. The van der Waals surface area contributed by atoms with Crippen LogP contribution in [0.4, 0.5) is 4.39 Å². The Labute approximate surface area is 118 Å². The fourth-order valence-corrected chi connectivity index (χ4v) is 3.96. The van der Waals surface area contributed by atoms with Crippen LogP contribution in [0.3, 0.4) is 0 Å². The Hall–Kier alpha value is -1.49. The number of hydrogen-bond acceptors (Lipinski definition) is 4. The van der Waals surface area contributed by atoms with Crippen LogP contribution in [0.1, 0.15) is 12.0 Å². The van der Waals surface area contributed by atoms with Gasteiger partial charge < -0.3 is 4.90 Å². The van der Waals surface area contributed by atoms with E-state index in [9.17, 15) is 12.8 Å². The molecule has 0 N–H and O–H groups in total. The largest absolute Gasteiger partial charge is 0.305 e. The lowest BCUT2D eigenvalue weighted by Crippen LogP contribution is -2.34. The van der Waals surface area contributed by atoms with E-state index in [1.54, 1.807) is 6.07 Å². The van der Waals surface area contributed by atoms with Gasteiger partial charge in [-0.2, -0.15) is 9.57 Å². The minimum Gasteiger partial charge on any atom is -0.305 e. The third-order valence-electron chi connectivity index (χ3n) is 3.56. The maximum absolute atomic E-state index is 13.6. The summed E-state index contributed by atoms with van der Waals surface area (Å²) in [7, 11) is -0.0411. The molecule has 1 heterocycles. The van der Waals surface area contributed by atoms with Crippen molar-refractivity contribution in [1.82, 2.24) is 9.21 Å². The second kappa shape index (κ2) is 5.48. The van der Waals surface area contributed by atoms with Crippen LogP contribution < -0.4 is 0 Å². The molecule has 0 spiro atoms. The SMILES string of the molecule is CN(C)C1CCN(S(=O)(=O)c2cccc(F)c2C#N)C1. The normalized spacial score (nSPS) is 20.2. The third-order valence-corrected chi connectivity index (χ3v) is 5.47. The summed E-state index contributed by atoms with van der Waals surface area (Å²) in [5.74, 6) is -0.808. The van der Waals surface area contributed by atoms with Crippen molar-refractivity contribution in [2.75, 3.05) is 27.2 Å². The average molecular weight is 297 g/mol. The number of benzene rings is 1. The Morgan fingerprint density at radius 3 is 2.70 bits per heavy atom. The van der Waals surface area contributed by atoms with E-state index in [-0.39, 0.29) is 10.9 Å². The average Bonchev–Trinajstić information content (AvgIpc) is 2.88. The molecule has 1 aromatic carbocycles. The monoisotopic (exact) mass is 297 g/mol. The molecule has 0 saturated carbocycles. The smallest absolute Gasteiger partial charge is 0.244 e. The van der Waals surface area contributed by atoms with Crippen LogP contribution in [0.15, 0.2) is 23.1 Å². The molecule has 1 saturated heterocycles. The van der Waals surface area contributed by atoms with Crippen molar-refractivity contribution in [2.45, 2.75) is 17.4 Å². The van der Waals surface area contributed by atoms with Gasteiger partial charge in [-0.15, -0.1) is 0 Å². The van der Waals surface area contributed by atoms with E-state index >= 15 is 0 Å².